The van der Waals surface area contributed by atoms with Crippen molar-refractivity contribution < 1.29 is 32.6 Å². The van der Waals surface area contributed by atoms with Gasteiger partial charge in [-0.1, -0.05) is 36.7 Å². The quantitative estimate of drug-likeness (QED) is 0.258. The van der Waals surface area contributed by atoms with Crippen LogP contribution in [0, 0.1) is 5.92 Å². The molecule has 0 spiro atoms. The molecule has 48 heavy (non-hydrogen) atoms. The van der Waals surface area contributed by atoms with Crippen LogP contribution < -0.4 is 14.8 Å². The van der Waals surface area contributed by atoms with Crippen LogP contribution >= 0.6 is 11.6 Å². The van der Waals surface area contributed by atoms with E-state index in [1.807, 2.05) is 44.2 Å². The topological polar surface area (TPSA) is 138 Å². The van der Waals surface area contributed by atoms with Gasteiger partial charge in [-0.15, -0.1) is 0 Å². The number of likely N-dealkylation sites (N-methyl/N-ethyl adjacent to an activating group) is 1. The first kappa shape index (κ1) is 37.0. The molecule has 0 fully saturated rings. The van der Waals surface area contributed by atoms with Crippen LogP contribution in [0.2, 0.25) is 5.02 Å². The summed E-state index contributed by atoms with van der Waals surface area (Å²) in [6.07, 6.45) is 1.60. The number of anilines is 2. The Balaban J connectivity index is 1.63. The second-order valence-corrected chi connectivity index (χ2v) is 14.4. The first-order valence-corrected chi connectivity index (χ1v) is 17.9. The highest BCUT2D eigenvalue weighted by Crippen LogP contribution is 2.30. The number of sulfonamides is 1. The number of rotatable bonds is 8. The van der Waals surface area contributed by atoms with Gasteiger partial charge in [-0.2, -0.15) is 0 Å². The first-order valence-electron chi connectivity index (χ1n) is 16.1. The zero-order chi connectivity index (χ0) is 34.8. The van der Waals surface area contributed by atoms with Crippen molar-refractivity contribution in [1.29, 1.82) is 0 Å². The molecule has 0 aliphatic carbocycles. The highest BCUT2D eigenvalue weighted by molar-refractivity contribution is 7.92. The number of halogens is 1. The lowest BCUT2D eigenvalue weighted by atomic mass is 10.0. The molecule has 3 aromatic carbocycles. The van der Waals surface area contributed by atoms with E-state index in [1.165, 1.54) is 30.3 Å². The van der Waals surface area contributed by atoms with Gasteiger partial charge in [0.05, 0.1) is 35.3 Å². The molecule has 11 nitrogen and oxygen atoms in total. The standard InChI is InChI=1S/C35H45ClN4O7S/c1-24-21-40(25(2)23-41)34(42)31-20-29(38-48(44,45)30-16-13-27(36)14-17-30)15-18-32(31)47-26(3)10-8-9-19-46-33(24)22-39(4)35(43)37-28-11-6-5-7-12-28/h5-7,11-18,20,24-26,33,38,41H,8-10,19,21-23H2,1-4H3,(H,37,43)/t24-,25-,26-,33+/m0/s1. The fourth-order valence-electron chi connectivity index (χ4n) is 5.37. The van der Waals surface area contributed by atoms with Crippen LogP contribution in [-0.4, -0.2) is 86.9 Å². The van der Waals surface area contributed by atoms with Crippen LogP contribution in [0.4, 0.5) is 16.2 Å². The molecule has 0 unspecified atom stereocenters. The Morgan fingerprint density at radius 1 is 1.06 bits per heavy atom. The normalized spacial score (nSPS) is 20.1. The third kappa shape index (κ3) is 10.1. The van der Waals surface area contributed by atoms with Crippen LogP contribution in [0.25, 0.3) is 0 Å². The minimum atomic E-state index is -3.99. The minimum absolute atomic E-state index is 0.0148. The van der Waals surface area contributed by atoms with Crippen LogP contribution in [-0.2, 0) is 14.8 Å². The molecule has 1 aliphatic rings. The van der Waals surface area contributed by atoms with E-state index < -0.39 is 28.1 Å². The summed E-state index contributed by atoms with van der Waals surface area (Å²) in [5, 5.41) is 13.5. The summed E-state index contributed by atoms with van der Waals surface area (Å²) < 4.78 is 41.5. The molecule has 1 heterocycles. The van der Waals surface area contributed by atoms with Gasteiger partial charge in [0.1, 0.15) is 5.75 Å². The van der Waals surface area contributed by atoms with Gasteiger partial charge in [-0.05, 0) is 87.7 Å². The Kier molecular flexibility index (Phi) is 13.1. The SMILES string of the molecule is C[C@H]1CCCCO[C@H](CN(C)C(=O)Nc2ccccc2)[C@@H](C)CN([C@@H](C)CO)C(=O)c2cc(NS(=O)(=O)c3ccc(Cl)cc3)ccc2O1. The molecule has 0 saturated heterocycles. The van der Waals surface area contributed by atoms with E-state index in [2.05, 4.69) is 10.0 Å². The van der Waals surface area contributed by atoms with Gasteiger partial charge in [-0.3, -0.25) is 9.52 Å². The summed E-state index contributed by atoms with van der Waals surface area (Å²) in [7, 11) is -2.30. The van der Waals surface area contributed by atoms with Gasteiger partial charge in [0.25, 0.3) is 15.9 Å². The number of carbonyl (C=O) groups is 2. The van der Waals surface area contributed by atoms with Gasteiger partial charge >= 0.3 is 6.03 Å². The Bertz CT molecular complexity index is 1630. The number of amides is 3. The van der Waals surface area contributed by atoms with Crippen molar-refractivity contribution in [3.05, 3.63) is 83.4 Å². The molecule has 0 bridgehead atoms. The first-order chi connectivity index (χ1) is 22.9. The average molecular weight is 701 g/mol. The summed E-state index contributed by atoms with van der Waals surface area (Å²) in [6, 6.07) is 18.7. The summed E-state index contributed by atoms with van der Waals surface area (Å²) >= 11 is 5.95. The maximum absolute atomic E-state index is 14.4. The molecule has 260 valence electrons. The maximum Gasteiger partial charge on any atom is 0.321 e. The number of ether oxygens (including phenoxy) is 2. The van der Waals surface area contributed by atoms with Gasteiger partial charge < -0.3 is 29.7 Å². The summed E-state index contributed by atoms with van der Waals surface area (Å²) in [4.78, 5) is 30.5. The fraction of sp³-hybridized carbons (Fsp3) is 0.429. The van der Waals surface area contributed by atoms with Crippen molar-refractivity contribution >= 4 is 44.9 Å². The number of aliphatic hydroxyl groups excluding tert-OH is 1. The van der Waals surface area contributed by atoms with E-state index in [-0.39, 0.29) is 53.9 Å². The highest BCUT2D eigenvalue weighted by Gasteiger charge is 2.31. The Morgan fingerprint density at radius 2 is 1.77 bits per heavy atom. The average Bonchev–Trinajstić information content (AvgIpc) is 3.06. The van der Waals surface area contributed by atoms with E-state index >= 15 is 0 Å². The molecule has 13 heteroatoms. The monoisotopic (exact) mass is 700 g/mol. The zero-order valence-electron chi connectivity index (χ0n) is 27.8. The van der Waals surface area contributed by atoms with Crippen LogP contribution in [0.15, 0.2) is 77.7 Å². The smallest absolute Gasteiger partial charge is 0.321 e. The highest BCUT2D eigenvalue weighted by atomic mass is 35.5. The van der Waals surface area contributed by atoms with Crippen LogP contribution in [0.3, 0.4) is 0 Å². The molecule has 3 N–H and O–H groups in total. The Labute approximate surface area is 288 Å². The predicted octanol–water partition coefficient (Wildman–Crippen LogP) is 6.10. The molecule has 0 saturated carbocycles. The number of urea groups is 1. The van der Waals surface area contributed by atoms with Crippen molar-refractivity contribution in [2.24, 2.45) is 5.92 Å². The molecule has 3 amide bonds. The number of hydrogen-bond donors (Lipinski definition) is 3. The maximum atomic E-state index is 14.4. The second kappa shape index (κ2) is 17.0. The van der Waals surface area contributed by atoms with Crippen molar-refractivity contribution in [3.8, 4) is 5.75 Å². The molecule has 4 rings (SSSR count). The van der Waals surface area contributed by atoms with Gasteiger partial charge in [-0.25, -0.2) is 13.2 Å². The number of hydrogen-bond acceptors (Lipinski definition) is 7. The number of aliphatic hydroxyl groups is 1. The number of nitrogens with one attached hydrogen (secondary N) is 2. The third-order valence-electron chi connectivity index (χ3n) is 8.25. The van der Waals surface area contributed by atoms with Crippen molar-refractivity contribution in [3.63, 3.8) is 0 Å². The molecule has 4 atom stereocenters. The number of para-hydroxylation sites is 1. The second-order valence-electron chi connectivity index (χ2n) is 12.2. The lowest BCUT2D eigenvalue weighted by Crippen LogP contribution is -2.48. The molecule has 3 aromatic rings. The minimum Gasteiger partial charge on any atom is -0.490 e. The number of benzene rings is 3. The fourth-order valence-corrected chi connectivity index (χ4v) is 6.55. The summed E-state index contributed by atoms with van der Waals surface area (Å²) in [6.45, 7) is 6.21. The molecular formula is C35H45ClN4O7S. The lowest BCUT2D eigenvalue weighted by molar-refractivity contribution is -0.0115. The molecule has 0 radical (unpaired) electrons. The van der Waals surface area contributed by atoms with E-state index in [1.54, 1.807) is 35.9 Å². The van der Waals surface area contributed by atoms with Gasteiger partial charge in [0.15, 0.2) is 0 Å². The Morgan fingerprint density at radius 3 is 2.46 bits per heavy atom. The number of nitrogens with zero attached hydrogens (tertiary/aromatic N) is 2. The zero-order valence-corrected chi connectivity index (χ0v) is 29.3. The van der Waals surface area contributed by atoms with Crippen LogP contribution in [0.5, 0.6) is 5.75 Å². The number of fused-ring (bicyclic) bond motifs is 1. The largest absolute Gasteiger partial charge is 0.490 e. The molecular weight excluding hydrogens is 656 g/mol. The third-order valence-corrected chi connectivity index (χ3v) is 9.90. The summed E-state index contributed by atoms with van der Waals surface area (Å²) in [5.41, 5.74) is 0.999. The van der Waals surface area contributed by atoms with E-state index in [4.69, 9.17) is 21.1 Å². The Hall–Kier alpha value is -3.84. The van der Waals surface area contributed by atoms with Gasteiger partial charge in [0, 0.05) is 49.1 Å². The molecule has 1 aliphatic heterocycles. The van der Waals surface area contributed by atoms with Gasteiger partial charge in [0.2, 0.25) is 0 Å². The van der Waals surface area contributed by atoms with E-state index in [0.717, 1.165) is 12.8 Å². The van der Waals surface area contributed by atoms with E-state index in [9.17, 15) is 23.1 Å². The number of carbonyl (C=O) groups excluding carboxylic acids is 2. The predicted molar refractivity (Wildman–Crippen MR) is 187 cm³/mol. The van der Waals surface area contributed by atoms with E-state index in [0.29, 0.717) is 29.5 Å². The summed E-state index contributed by atoms with van der Waals surface area (Å²) in [5.74, 6) is -0.385. The van der Waals surface area contributed by atoms with Crippen molar-refractivity contribution in [1.82, 2.24) is 9.80 Å². The van der Waals surface area contributed by atoms with Crippen molar-refractivity contribution in [2.45, 2.75) is 63.2 Å². The van der Waals surface area contributed by atoms with Crippen LogP contribution in [0.1, 0.15) is 50.4 Å². The van der Waals surface area contributed by atoms with Crippen molar-refractivity contribution in [2.75, 3.05) is 43.4 Å². The lowest BCUT2D eigenvalue weighted by Gasteiger charge is -2.35. The molecule has 0 aromatic heterocycles.